The van der Waals surface area contributed by atoms with Gasteiger partial charge in [0.15, 0.2) is 6.61 Å². The van der Waals surface area contributed by atoms with E-state index in [0.717, 1.165) is 54.5 Å². The second kappa shape index (κ2) is 9.03. The van der Waals surface area contributed by atoms with E-state index in [2.05, 4.69) is 10.8 Å². The van der Waals surface area contributed by atoms with E-state index in [1.807, 2.05) is 12.2 Å². The maximum Gasteiger partial charge on any atom is 0.341 e. The third-order valence-electron chi connectivity index (χ3n) is 6.14. The lowest BCUT2D eigenvalue weighted by atomic mass is 9.78. The first-order chi connectivity index (χ1) is 15.3. The molecule has 0 saturated carbocycles. The van der Waals surface area contributed by atoms with Crippen LogP contribution in [0.25, 0.3) is 6.08 Å². The van der Waals surface area contributed by atoms with Crippen molar-refractivity contribution in [2.75, 3.05) is 6.61 Å². The van der Waals surface area contributed by atoms with Crippen molar-refractivity contribution in [2.45, 2.75) is 55.9 Å². The van der Waals surface area contributed by atoms with Gasteiger partial charge < -0.3 is 9.84 Å². The second-order valence-electron chi connectivity index (χ2n) is 8.34. The summed E-state index contributed by atoms with van der Waals surface area (Å²) in [5.74, 6) is -1.21. The van der Waals surface area contributed by atoms with Crippen LogP contribution in [0.15, 0.2) is 41.3 Å². The Hall–Kier alpha value is -2.71. The fourth-order valence-corrected chi connectivity index (χ4v) is 5.93. The third-order valence-corrected chi connectivity index (χ3v) is 7.71. The van der Waals surface area contributed by atoms with Crippen LogP contribution in [0.4, 0.5) is 4.39 Å². The molecule has 2 aliphatic carbocycles. The van der Waals surface area contributed by atoms with E-state index in [9.17, 15) is 22.7 Å². The molecule has 0 saturated heterocycles. The van der Waals surface area contributed by atoms with Crippen LogP contribution in [0.3, 0.4) is 0 Å². The predicted octanol–water partition coefficient (Wildman–Crippen LogP) is 4.04. The summed E-state index contributed by atoms with van der Waals surface area (Å²) in [6.07, 6.45) is 8.39. The number of hydrogen-bond donors (Lipinski definition) is 2. The van der Waals surface area contributed by atoms with Crippen molar-refractivity contribution in [2.24, 2.45) is 0 Å². The first-order valence-electron chi connectivity index (χ1n) is 10.7. The third kappa shape index (κ3) is 4.56. The number of hydrogen-bond acceptors (Lipinski definition) is 4. The van der Waals surface area contributed by atoms with Crippen LogP contribution in [0.5, 0.6) is 5.75 Å². The van der Waals surface area contributed by atoms with E-state index >= 15 is 0 Å². The molecule has 170 valence electrons. The summed E-state index contributed by atoms with van der Waals surface area (Å²) in [6.45, 7) is 1.34. The molecule has 0 amide bonds. The van der Waals surface area contributed by atoms with Gasteiger partial charge in [-0.05, 0) is 80.0 Å². The normalized spacial score (nSPS) is 18.5. The van der Waals surface area contributed by atoms with Crippen LogP contribution < -0.4 is 9.46 Å². The number of ether oxygens (including phenoxy) is 1. The van der Waals surface area contributed by atoms with Gasteiger partial charge in [-0.3, -0.25) is 0 Å². The Labute approximate surface area is 187 Å². The molecule has 2 atom stereocenters. The van der Waals surface area contributed by atoms with Crippen molar-refractivity contribution in [3.63, 3.8) is 0 Å². The summed E-state index contributed by atoms with van der Waals surface area (Å²) < 4.78 is 47.5. The zero-order valence-corrected chi connectivity index (χ0v) is 18.6. The number of nitrogens with one attached hydrogen (secondary N) is 1. The lowest BCUT2D eigenvalue weighted by molar-refractivity contribution is -0.139. The molecule has 2 aliphatic rings. The van der Waals surface area contributed by atoms with Crippen molar-refractivity contribution < 1.29 is 27.4 Å². The van der Waals surface area contributed by atoms with Gasteiger partial charge in [-0.1, -0.05) is 18.2 Å². The minimum atomic E-state index is -3.86. The molecule has 0 heterocycles. The minimum Gasteiger partial charge on any atom is -0.481 e. The smallest absolute Gasteiger partial charge is 0.341 e. The van der Waals surface area contributed by atoms with Crippen LogP contribution >= 0.6 is 0 Å². The summed E-state index contributed by atoms with van der Waals surface area (Å²) in [7, 11) is -3.86. The SMILES string of the molecule is CC(NS(=O)(=O)c1ccc(F)cc1)C1CC=Cc2cc3c(c(OCC(=O)O)c21)CCCC3. The van der Waals surface area contributed by atoms with Crippen molar-refractivity contribution in [1.82, 2.24) is 4.72 Å². The van der Waals surface area contributed by atoms with Crippen molar-refractivity contribution in [3.05, 3.63) is 64.5 Å². The quantitative estimate of drug-likeness (QED) is 0.652. The summed E-state index contributed by atoms with van der Waals surface area (Å²) in [5, 5.41) is 9.20. The Bertz CT molecular complexity index is 1160. The first kappa shape index (κ1) is 22.5. The lowest BCUT2D eigenvalue weighted by Crippen LogP contribution is -2.38. The number of halogens is 1. The van der Waals surface area contributed by atoms with E-state index in [0.29, 0.717) is 12.2 Å². The molecule has 0 fully saturated rings. The molecule has 32 heavy (non-hydrogen) atoms. The molecule has 0 spiro atoms. The number of aryl methyl sites for hydroxylation is 1. The molecule has 2 unspecified atom stereocenters. The highest BCUT2D eigenvalue weighted by Gasteiger charge is 2.32. The molecular weight excluding hydrogens is 433 g/mol. The monoisotopic (exact) mass is 459 g/mol. The Morgan fingerprint density at radius 3 is 2.69 bits per heavy atom. The molecule has 2 aromatic rings. The molecule has 0 aromatic heterocycles. The van der Waals surface area contributed by atoms with Gasteiger partial charge in [-0.25, -0.2) is 22.3 Å². The minimum absolute atomic E-state index is 0.00915. The lowest BCUT2D eigenvalue weighted by Gasteiger charge is -2.32. The topological polar surface area (TPSA) is 92.7 Å². The van der Waals surface area contributed by atoms with Crippen molar-refractivity contribution in [1.29, 1.82) is 0 Å². The standard InChI is InChI=1S/C24H26FNO5S/c1-15(26-32(29,30)19-11-9-18(25)10-12-19)20-8-4-6-17-13-16-5-2-3-7-21(16)24(23(17)20)31-14-22(27)28/h4,6,9-13,15,20,26H,2-3,5,7-8,14H2,1H3,(H,27,28). The van der Waals surface area contributed by atoms with Crippen molar-refractivity contribution >= 4 is 22.1 Å². The first-order valence-corrected chi connectivity index (χ1v) is 12.2. The van der Waals surface area contributed by atoms with Crippen LogP contribution in [-0.4, -0.2) is 32.1 Å². The number of benzene rings is 2. The molecule has 2 aromatic carbocycles. The Morgan fingerprint density at radius 2 is 1.97 bits per heavy atom. The number of carboxylic acid groups (broad SMARTS) is 1. The molecule has 4 rings (SSSR count). The zero-order chi connectivity index (χ0) is 22.9. The Kier molecular flexibility index (Phi) is 6.35. The van der Waals surface area contributed by atoms with Gasteiger partial charge >= 0.3 is 5.97 Å². The maximum atomic E-state index is 13.2. The van der Waals surface area contributed by atoms with Gasteiger partial charge in [0.2, 0.25) is 10.0 Å². The molecule has 0 bridgehead atoms. The summed E-state index contributed by atoms with van der Waals surface area (Å²) >= 11 is 0. The maximum absolute atomic E-state index is 13.2. The highest BCUT2D eigenvalue weighted by atomic mass is 32.2. The predicted molar refractivity (Wildman–Crippen MR) is 119 cm³/mol. The van der Waals surface area contributed by atoms with E-state index in [4.69, 9.17) is 4.74 Å². The van der Waals surface area contributed by atoms with E-state index in [-0.39, 0.29) is 10.8 Å². The molecule has 2 N–H and O–H groups in total. The number of aliphatic carboxylic acids is 1. The average molecular weight is 460 g/mol. The van der Waals surface area contributed by atoms with Gasteiger partial charge in [-0.2, -0.15) is 0 Å². The highest BCUT2D eigenvalue weighted by molar-refractivity contribution is 7.89. The Balaban J connectivity index is 1.71. The number of rotatable bonds is 7. The molecular formula is C24H26FNO5S. The molecule has 0 radical (unpaired) electrons. The van der Waals surface area contributed by atoms with E-state index in [1.165, 1.54) is 17.7 Å². The van der Waals surface area contributed by atoms with Crippen LogP contribution in [0.1, 0.15) is 54.4 Å². The van der Waals surface area contributed by atoms with Gasteiger partial charge in [0.05, 0.1) is 4.90 Å². The van der Waals surface area contributed by atoms with Gasteiger partial charge in [0, 0.05) is 17.5 Å². The van der Waals surface area contributed by atoms with Gasteiger partial charge in [-0.15, -0.1) is 0 Å². The summed E-state index contributed by atoms with van der Waals surface area (Å²) in [4.78, 5) is 11.2. The molecule has 0 aliphatic heterocycles. The average Bonchev–Trinajstić information content (AvgIpc) is 2.76. The Morgan fingerprint density at radius 1 is 1.25 bits per heavy atom. The van der Waals surface area contributed by atoms with E-state index in [1.54, 1.807) is 6.92 Å². The largest absolute Gasteiger partial charge is 0.481 e. The van der Waals surface area contributed by atoms with Crippen LogP contribution in [0, 0.1) is 5.82 Å². The van der Waals surface area contributed by atoms with Crippen molar-refractivity contribution in [3.8, 4) is 5.75 Å². The van der Waals surface area contributed by atoms with E-state index < -0.39 is 34.5 Å². The fourth-order valence-electron chi connectivity index (χ4n) is 4.65. The number of carboxylic acids is 1. The van der Waals surface area contributed by atoms with Crippen LogP contribution in [-0.2, 0) is 27.7 Å². The number of sulfonamides is 1. The number of fused-ring (bicyclic) bond motifs is 2. The molecule has 8 heteroatoms. The number of allylic oxidation sites excluding steroid dienone is 1. The molecule has 6 nitrogen and oxygen atoms in total. The second-order valence-corrected chi connectivity index (χ2v) is 10.1. The number of carbonyl (C=O) groups is 1. The summed E-state index contributed by atoms with van der Waals surface area (Å²) in [6, 6.07) is 6.32. The van der Waals surface area contributed by atoms with Gasteiger partial charge in [0.1, 0.15) is 11.6 Å². The summed E-state index contributed by atoms with van der Waals surface area (Å²) in [5.41, 5.74) is 3.99. The van der Waals surface area contributed by atoms with Gasteiger partial charge in [0.25, 0.3) is 0 Å². The van der Waals surface area contributed by atoms with Crippen LogP contribution in [0.2, 0.25) is 0 Å². The zero-order valence-electron chi connectivity index (χ0n) is 17.8. The highest BCUT2D eigenvalue weighted by Crippen LogP contribution is 2.44. The fraction of sp³-hybridized carbons (Fsp3) is 0.375.